The summed E-state index contributed by atoms with van der Waals surface area (Å²) < 4.78 is 0. The van der Waals surface area contributed by atoms with E-state index in [0.29, 0.717) is 0 Å². The first kappa shape index (κ1) is 15.6. The first-order chi connectivity index (χ1) is 8.55. The molecule has 1 heteroatoms. The lowest BCUT2D eigenvalue weighted by atomic mass is 9.76. The Morgan fingerprint density at radius 2 is 1.67 bits per heavy atom. The third-order valence-corrected chi connectivity index (χ3v) is 4.52. The van der Waals surface area contributed by atoms with Crippen LogP contribution < -0.4 is 0 Å². The molecule has 0 bridgehead atoms. The Balaban J connectivity index is 2.88. The molecule has 0 fully saturated rings. The molecule has 18 heavy (non-hydrogen) atoms. The Bertz CT molecular complexity index is 344. The van der Waals surface area contributed by atoms with Gasteiger partial charge in [0, 0.05) is 5.88 Å². The summed E-state index contributed by atoms with van der Waals surface area (Å²) in [4.78, 5) is 0. The monoisotopic (exact) mass is 266 g/mol. The molecule has 0 aromatic heterocycles. The molecule has 1 aromatic rings. The van der Waals surface area contributed by atoms with Gasteiger partial charge in [-0.05, 0) is 44.1 Å². The third-order valence-electron chi connectivity index (χ3n) is 3.95. The minimum Gasteiger partial charge on any atom is -0.126 e. The number of halogens is 1. The Morgan fingerprint density at radius 3 is 2.11 bits per heavy atom. The molecule has 1 unspecified atom stereocenters. The number of benzene rings is 1. The Labute approximate surface area is 118 Å². The second kappa shape index (κ2) is 7.19. The van der Waals surface area contributed by atoms with Crippen molar-refractivity contribution in [3.8, 4) is 0 Å². The summed E-state index contributed by atoms with van der Waals surface area (Å²) in [5.41, 5.74) is 4.46. The SMILES string of the molecule is CCCCC(CC)(CCl)Cc1cc(C)cc(C)c1. The Kier molecular flexibility index (Phi) is 6.21. The van der Waals surface area contributed by atoms with Crippen molar-refractivity contribution in [1.29, 1.82) is 0 Å². The highest BCUT2D eigenvalue weighted by molar-refractivity contribution is 6.18. The summed E-state index contributed by atoms with van der Waals surface area (Å²) >= 11 is 6.29. The quantitative estimate of drug-likeness (QED) is 0.558. The maximum absolute atomic E-state index is 6.29. The van der Waals surface area contributed by atoms with Crippen molar-refractivity contribution < 1.29 is 0 Å². The fourth-order valence-corrected chi connectivity index (χ4v) is 3.17. The van der Waals surface area contributed by atoms with Crippen LogP contribution in [0.3, 0.4) is 0 Å². The predicted octanol–water partition coefficient (Wildman–Crippen LogP) is 5.67. The molecule has 0 heterocycles. The highest BCUT2D eigenvalue weighted by Gasteiger charge is 2.26. The Morgan fingerprint density at radius 1 is 1.06 bits per heavy atom. The number of hydrogen-bond donors (Lipinski definition) is 0. The van der Waals surface area contributed by atoms with Gasteiger partial charge in [0.2, 0.25) is 0 Å². The molecule has 0 aliphatic carbocycles. The van der Waals surface area contributed by atoms with Crippen LogP contribution in [0.15, 0.2) is 18.2 Å². The summed E-state index contributed by atoms with van der Waals surface area (Å²) in [7, 11) is 0. The van der Waals surface area contributed by atoms with Gasteiger partial charge in [-0.3, -0.25) is 0 Å². The van der Waals surface area contributed by atoms with Gasteiger partial charge in [0.05, 0.1) is 0 Å². The first-order valence-electron chi connectivity index (χ1n) is 7.18. The average molecular weight is 267 g/mol. The number of unbranched alkanes of at least 4 members (excludes halogenated alkanes) is 1. The van der Waals surface area contributed by atoms with E-state index in [2.05, 4.69) is 45.9 Å². The van der Waals surface area contributed by atoms with Gasteiger partial charge in [0.25, 0.3) is 0 Å². The van der Waals surface area contributed by atoms with Crippen molar-refractivity contribution in [3.63, 3.8) is 0 Å². The standard InChI is InChI=1S/C17H27Cl/c1-5-7-8-17(6-2,13-18)12-16-10-14(3)9-15(4)11-16/h9-11H,5-8,12-13H2,1-4H3. The van der Waals surface area contributed by atoms with Crippen molar-refractivity contribution in [2.75, 3.05) is 5.88 Å². The number of aryl methyl sites for hydroxylation is 2. The van der Waals surface area contributed by atoms with Gasteiger partial charge in [-0.25, -0.2) is 0 Å². The van der Waals surface area contributed by atoms with E-state index in [-0.39, 0.29) is 5.41 Å². The predicted molar refractivity (Wildman–Crippen MR) is 82.6 cm³/mol. The summed E-state index contributed by atoms with van der Waals surface area (Å²) in [5.74, 6) is 0.774. The van der Waals surface area contributed by atoms with Gasteiger partial charge in [-0.15, -0.1) is 11.6 Å². The maximum Gasteiger partial charge on any atom is 0.0283 e. The van der Waals surface area contributed by atoms with Crippen molar-refractivity contribution >= 4 is 11.6 Å². The minimum atomic E-state index is 0.289. The second-order valence-corrected chi connectivity index (χ2v) is 6.03. The zero-order valence-corrected chi connectivity index (χ0v) is 13.1. The van der Waals surface area contributed by atoms with Crippen LogP contribution in [0.2, 0.25) is 0 Å². The molecule has 0 amide bonds. The van der Waals surface area contributed by atoms with Gasteiger partial charge in [0.15, 0.2) is 0 Å². The number of alkyl halides is 1. The van der Waals surface area contributed by atoms with Gasteiger partial charge in [-0.2, -0.15) is 0 Å². The van der Waals surface area contributed by atoms with E-state index in [4.69, 9.17) is 11.6 Å². The van der Waals surface area contributed by atoms with Crippen LogP contribution in [0.5, 0.6) is 0 Å². The molecule has 0 aliphatic rings. The summed E-state index contributed by atoms with van der Waals surface area (Å²) in [6.07, 6.45) is 6.08. The van der Waals surface area contributed by atoms with Crippen LogP contribution in [0.25, 0.3) is 0 Å². The Hall–Kier alpha value is -0.490. The van der Waals surface area contributed by atoms with Crippen LogP contribution in [0.4, 0.5) is 0 Å². The van der Waals surface area contributed by atoms with Gasteiger partial charge >= 0.3 is 0 Å². The summed E-state index contributed by atoms with van der Waals surface area (Å²) in [6.45, 7) is 8.89. The van der Waals surface area contributed by atoms with E-state index < -0.39 is 0 Å². The minimum absolute atomic E-state index is 0.289. The zero-order valence-electron chi connectivity index (χ0n) is 12.4. The molecule has 1 rings (SSSR count). The van der Waals surface area contributed by atoms with E-state index in [1.807, 2.05) is 0 Å². The fraction of sp³-hybridized carbons (Fsp3) is 0.647. The average Bonchev–Trinajstić information content (AvgIpc) is 2.33. The van der Waals surface area contributed by atoms with Crippen molar-refractivity contribution in [2.24, 2.45) is 5.41 Å². The summed E-state index contributed by atoms with van der Waals surface area (Å²) in [5, 5.41) is 0. The largest absolute Gasteiger partial charge is 0.126 e. The maximum atomic E-state index is 6.29. The molecule has 0 saturated heterocycles. The van der Waals surface area contributed by atoms with Crippen molar-refractivity contribution in [1.82, 2.24) is 0 Å². The summed E-state index contributed by atoms with van der Waals surface area (Å²) in [6, 6.07) is 6.87. The molecule has 0 nitrogen and oxygen atoms in total. The number of rotatable bonds is 7. The number of hydrogen-bond acceptors (Lipinski definition) is 0. The second-order valence-electron chi connectivity index (χ2n) is 5.76. The van der Waals surface area contributed by atoms with Crippen LogP contribution in [-0.2, 0) is 6.42 Å². The lowest BCUT2D eigenvalue weighted by Crippen LogP contribution is -2.25. The fourth-order valence-electron chi connectivity index (χ4n) is 2.75. The van der Waals surface area contributed by atoms with Crippen molar-refractivity contribution in [3.05, 3.63) is 34.9 Å². The molecule has 0 aliphatic heterocycles. The van der Waals surface area contributed by atoms with Crippen LogP contribution in [-0.4, -0.2) is 5.88 Å². The lowest BCUT2D eigenvalue weighted by Gasteiger charge is -2.31. The van der Waals surface area contributed by atoms with Crippen LogP contribution in [0, 0.1) is 19.3 Å². The van der Waals surface area contributed by atoms with E-state index in [0.717, 1.165) is 12.3 Å². The molecule has 102 valence electrons. The molecule has 0 N–H and O–H groups in total. The van der Waals surface area contributed by atoms with Crippen LogP contribution >= 0.6 is 11.6 Å². The normalized spacial score (nSPS) is 14.5. The van der Waals surface area contributed by atoms with Gasteiger partial charge in [-0.1, -0.05) is 56.0 Å². The lowest BCUT2D eigenvalue weighted by molar-refractivity contribution is 0.279. The third kappa shape index (κ3) is 4.31. The molecule has 0 radical (unpaired) electrons. The van der Waals surface area contributed by atoms with Crippen molar-refractivity contribution in [2.45, 2.75) is 59.8 Å². The topological polar surface area (TPSA) is 0 Å². The zero-order chi connectivity index (χ0) is 13.6. The smallest absolute Gasteiger partial charge is 0.0283 e. The molecule has 0 spiro atoms. The van der Waals surface area contributed by atoms with Gasteiger partial charge < -0.3 is 0 Å². The highest BCUT2D eigenvalue weighted by Crippen LogP contribution is 2.34. The van der Waals surface area contributed by atoms with E-state index in [1.165, 1.54) is 42.4 Å². The molecule has 1 aromatic carbocycles. The molecule has 0 saturated carbocycles. The van der Waals surface area contributed by atoms with Gasteiger partial charge in [0.1, 0.15) is 0 Å². The highest BCUT2D eigenvalue weighted by atomic mass is 35.5. The molecular formula is C17H27Cl. The van der Waals surface area contributed by atoms with Crippen LogP contribution in [0.1, 0.15) is 56.2 Å². The van der Waals surface area contributed by atoms with E-state index >= 15 is 0 Å². The molecule has 1 atom stereocenters. The molecular weight excluding hydrogens is 240 g/mol. The first-order valence-corrected chi connectivity index (χ1v) is 7.72. The van der Waals surface area contributed by atoms with E-state index in [9.17, 15) is 0 Å². The van der Waals surface area contributed by atoms with E-state index in [1.54, 1.807) is 0 Å².